The molecule has 2 aliphatic carbocycles. The average molecular weight is 1030 g/mol. The quantitative estimate of drug-likeness (QED) is 0.134. The molecule has 0 amide bonds. The van der Waals surface area contributed by atoms with Crippen LogP contribution in [0.25, 0.3) is 124 Å². The van der Waals surface area contributed by atoms with E-state index in [1.807, 2.05) is 0 Å². The Morgan fingerprint density at radius 2 is 0.605 bits per heavy atom. The molecule has 0 saturated carbocycles. The van der Waals surface area contributed by atoms with Crippen LogP contribution in [0.15, 0.2) is 267 Å². The lowest BCUT2D eigenvalue weighted by Gasteiger charge is -2.30. The molecule has 0 bridgehead atoms. The predicted molar refractivity (Wildman–Crippen MR) is 343 cm³/mol. The molecular weight excluding hydrogens is 977 g/mol. The van der Waals surface area contributed by atoms with Crippen molar-refractivity contribution in [2.45, 2.75) is 19.3 Å². The van der Waals surface area contributed by atoms with E-state index in [0.717, 1.165) is 11.1 Å². The van der Waals surface area contributed by atoms with Crippen molar-refractivity contribution in [2.24, 2.45) is 0 Å². The second-order valence-corrected chi connectivity index (χ2v) is 22.2. The first kappa shape index (κ1) is 46.8. The summed E-state index contributed by atoms with van der Waals surface area (Å²) in [5.41, 5.74) is 29.4. The minimum atomic E-state index is -0.462. The van der Waals surface area contributed by atoms with Crippen LogP contribution in [0.3, 0.4) is 0 Å². The Bertz CT molecular complexity index is 4590. The van der Waals surface area contributed by atoms with Gasteiger partial charge in [-0.25, -0.2) is 0 Å². The van der Waals surface area contributed by atoms with Gasteiger partial charge < -0.3 is 9.13 Å². The maximum absolute atomic E-state index is 2.46. The fraction of sp³-hybridized carbons (Fsp3) is 0.0380. The predicted octanol–water partition coefficient (Wildman–Crippen LogP) is 20.5. The Morgan fingerprint density at radius 1 is 0.259 bits per heavy atom. The monoisotopic (exact) mass is 1030 g/mol. The molecule has 81 heavy (non-hydrogen) atoms. The molecule has 2 aromatic heterocycles. The lowest BCUT2D eigenvalue weighted by Crippen LogP contribution is -2.26. The Labute approximate surface area is 472 Å². The first-order valence-electron chi connectivity index (χ1n) is 28.2. The van der Waals surface area contributed by atoms with Crippen LogP contribution in [-0.2, 0) is 5.41 Å². The van der Waals surface area contributed by atoms with E-state index in [9.17, 15) is 0 Å². The lowest BCUT2D eigenvalue weighted by atomic mass is 9.70. The standard InChI is InChI=1S/C79H54N2/c1-51-19-39-61(40-20-51)80-75-17-9-5-13-67(75)69-49-59(37-45-77(69)80)57-33-27-53(28-34-57)23-25-55-31-43-65-66-44-32-56(48-74(66)79(73(65)47-55)71-15-7-3-11-63(71)64-12-4-8-16-72(64)79)26-24-54-29-35-58(36-30-54)60-38-46-78-70(50-60)68-14-6-10-18-76(68)81(78)62-41-21-52(2)22-42-62/h3-50H,1-2H3. The van der Waals surface area contributed by atoms with Gasteiger partial charge in [-0.3, -0.25) is 0 Å². The van der Waals surface area contributed by atoms with Crippen LogP contribution < -0.4 is 0 Å². The molecule has 2 nitrogen and oxygen atoms in total. The van der Waals surface area contributed by atoms with Crippen molar-refractivity contribution >= 4 is 67.9 Å². The fourth-order valence-electron chi connectivity index (χ4n) is 13.6. The molecule has 0 N–H and O–H groups in total. The number of hydrogen-bond donors (Lipinski definition) is 0. The van der Waals surface area contributed by atoms with Crippen LogP contribution in [0.5, 0.6) is 0 Å². The van der Waals surface area contributed by atoms with Crippen LogP contribution in [0.1, 0.15) is 55.6 Å². The molecule has 1 spiro atoms. The summed E-state index contributed by atoms with van der Waals surface area (Å²) >= 11 is 0. The molecule has 0 aliphatic heterocycles. The number of benzene rings is 12. The maximum atomic E-state index is 2.46. The number of rotatable bonds is 8. The number of nitrogens with zero attached hydrogens (tertiary/aromatic N) is 2. The Morgan fingerprint density at radius 3 is 1.05 bits per heavy atom. The van der Waals surface area contributed by atoms with Crippen LogP contribution in [0.2, 0.25) is 0 Å². The van der Waals surface area contributed by atoms with E-state index in [1.54, 1.807) is 0 Å². The van der Waals surface area contributed by atoms with Crippen LogP contribution in [0, 0.1) is 13.8 Å². The number of aromatic nitrogens is 2. The van der Waals surface area contributed by atoms with Crippen molar-refractivity contribution in [3.63, 3.8) is 0 Å². The highest BCUT2D eigenvalue weighted by Crippen LogP contribution is 2.63. The summed E-state index contributed by atoms with van der Waals surface area (Å²) in [6, 6.07) is 99.4. The molecule has 0 fully saturated rings. The summed E-state index contributed by atoms with van der Waals surface area (Å²) in [7, 11) is 0. The molecule has 2 aliphatic rings. The first-order chi connectivity index (χ1) is 39.9. The van der Waals surface area contributed by atoms with Crippen molar-refractivity contribution in [2.75, 3.05) is 0 Å². The third kappa shape index (κ3) is 7.41. The molecule has 0 radical (unpaired) electrons. The van der Waals surface area contributed by atoms with E-state index in [0.29, 0.717) is 0 Å². The van der Waals surface area contributed by atoms with Gasteiger partial charge in [-0.2, -0.15) is 0 Å². The number of aryl methyl sites for hydroxylation is 2. The summed E-state index contributed by atoms with van der Waals surface area (Å²) in [5, 5.41) is 5.05. The zero-order valence-electron chi connectivity index (χ0n) is 45.1. The molecule has 0 saturated heterocycles. The summed E-state index contributed by atoms with van der Waals surface area (Å²) in [4.78, 5) is 0. The largest absolute Gasteiger partial charge is 0.309 e. The van der Waals surface area contributed by atoms with Gasteiger partial charge in [0.1, 0.15) is 0 Å². The van der Waals surface area contributed by atoms with E-state index < -0.39 is 5.41 Å². The molecule has 14 aromatic rings. The van der Waals surface area contributed by atoms with E-state index in [2.05, 4.69) is 314 Å². The SMILES string of the molecule is Cc1ccc(-n2c3ccccc3c3cc(-c4ccc(C=Cc5ccc6c(c5)C5(c7ccccc7-c7ccccc75)c5cc(C=Cc7ccc(-c8ccc9c(c8)c8ccccc8n9-c8ccc(C)cc8)cc7)ccc5-6)cc4)ccc32)cc1. The minimum absolute atomic E-state index is 0.462. The van der Waals surface area contributed by atoms with E-state index in [-0.39, 0.29) is 0 Å². The van der Waals surface area contributed by atoms with Gasteiger partial charge in [0, 0.05) is 32.9 Å². The van der Waals surface area contributed by atoms with Gasteiger partial charge in [0.2, 0.25) is 0 Å². The van der Waals surface area contributed by atoms with E-state index in [4.69, 9.17) is 0 Å². The Kier molecular flexibility index (Phi) is 10.6. The van der Waals surface area contributed by atoms with Crippen LogP contribution >= 0.6 is 0 Å². The van der Waals surface area contributed by atoms with Gasteiger partial charge in [-0.15, -0.1) is 0 Å². The third-order valence-corrected chi connectivity index (χ3v) is 17.5. The van der Waals surface area contributed by atoms with Gasteiger partial charge in [0.25, 0.3) is 0 Å². The topological polar surface area (TPSA) is 9.86 Å². The van der Waals surface area contributed by atoms with Crippen molar-refractivity contribution in [1.29, 1.82) is 0 Å². The van der Waals surface area contributed by atoms with Gasteiger partial charge in [0.15, 0.2) is 0 Å². The van der Waals surface area contributed by atoms with Gasteiger partial charge in [0.05, 0.1) is 27.5 Å². The normalized spacial score (nSPS) is 13.1. The Hall–Kier alpha value is -10.3. The highest BCUT2D eigenvalue weighted by Gasteiger charge is 2.51. The maximum Gasteiger partial charge on any atom is 0.0725 e. The van der Waals surface area contributed by atoms with Gasteiger partial charge >= 0.3 is 0 Å². The summed E-state index contributed by atoms with van der Waals surface area (Å²) in [6.45, 7) is 4.28. The smallest absolute Gasteiger partial charge is 0.0725 e. The van der Waals surface area contributed by atoms with Crippen molar-refractivity contribution in [1.82, 2.24) is 9.13 Å². The van der Waals surface area contributed by atoms with E-state index in [1.165, 1.54) is 144 Å². The summed E-state index contributed by atoms with van der Waals surface area (Å²) in [5.74, 6) is 0. The van der Waals surface area contributed by atoms with E-state index >= 15 is 0 Å². The molecule has 380 valence electrons. The van der Waals surface area contributed by atoms with Crippen LogP contribution in [0.4, 0.5) is 0 Å². The van der Waals surface area contributed by atoms with Crippen molar-refractivity contribution in [3.05, 3.63) is 323 Å². The fourth-order valence-corrected chi connectivity index (χ4v) is 13.6. The molecule has 2 heterocycles. The highest BCUT2D eigenvalue weighted by atomic mass is 15.0. The number of hydrogen-bond acceptors (Lipinski definition) is 0. The van der Waals surface area contributed by atoms with Gasteiger partial charge in [-0.05, 0) is 176 Å². The second-order valence-electron chi connectivity index (χ2n) is 22.2. The molecular formula is C79H54N2. The third-order valence-electron chi connectivity index (χ3n) is 17.5. The minimum Gasteiger partial charge on any atom is -0.309 e. The zero-order valence-corrected chi connectivity index (χ0v) is 45.1. The highest BCUT2D eigenvalue weighted by molar-refractivity contribution is 6.12. The molecule has 16 rings (SSSR count). The van der Waals surface area contributed by atoms with Crippen molar-refractivity contribution in [3.8, 4) is 55.9 Å². The zero-order chi connectivity index (χ0) is 53.8. The molecule has 12 aromatic carbocycles. The van der Waals surface area contributed by atoms with Crippen molar-refractivity contribution < 1.29 is 0 Å². The Balaban J connectivity index is 0.706. The number of fused-ring (bicyclic) bond motifs is 16. The molecule has 0 unspecified atom stereocenters. The second kappa shape index (κ2) is 18.4. The lowest BCUT2D eigenvalue weighted by molar-refractivity contribution is 0.793. The first-order valence-corrected chi connectivity index (χ1v) is 28.2. The summed E-state index contributed by atoms with van der Waals surface area (Å²) < 4.78 is 4.77. The molecule has 0 atom stereocenters. The summed E-state index contributed by atoms with van der Waals surface area (Å²) in [6.07, 6.45) is 9.09. The van der Waals surface area contributed by atoms with Gasteiger partial charge in [-0.1, -0.05) is 230 Å². The molecule has 2 heteroatoms. The average Bonchev–Trinajstić information content (AvgIpc) is 4.06. The number of para-hydroxylation sites is 2. The van der Waals surface area contributed by atoms with Crippen LogP contribution in [-0.4, -0.2) is 9.13 Å².